The third-order valence-corrected chi connectivity index (χ3v) is 6.35. The first-order valence-corrected chi connectivity index (χ1v) is 10.7. The lowest BCUT2D eigenvalue weighted by molar-refractivity contribution is -0.145. The maximum absolute atomic E-state index is 13.7. The van der Waals surface area contributed by atoms with Crippen molar-refractivity contribution in [3.63, 3.8) is 0 Å². The molecule has 3 aliphatic heterocycles. The molecule has 5 amide bonds. The third-order valence-electron chi connectivity index (χ3n) is 6.35. The van der Waals surface area contributed by atoms with E-state index in [1.807, 2.05) is 0 Å². The molecule has 176 valence electrons. The minimum atomic E-state index is -4.61. The van der Waals surface area contributed by atoms with Crippen molar-refractivity contribution < 1.29 is 32.3 Å². The standard InChI is InChI=1S/C23H19F3N4O4/c24-23(25,26)18-10-12-3-1-2-4-16(12)30(18)22(34)27-14-5-6-15-13(9-14)11-29(21(15)33)17-7-8-19(31)28-20(17)32/h1-6,9,17-18H,7-8,10-11H2,(H,27,34)(H,28,31,32)/t17-,18?/m1/s1. The number of para-hydroxylation sites is 1. The maximum Gasteiger partial charge on any atom is 0.409 e. The number of carbonyl (C=O) groups excluding carboxylic acids is 4. The second-order valence-electron chi connectivity index (χ2n) is 8.46. The van der Waals surface area contributed by atoms with Gasteiger partial charge in [0.15, 0.2) is 0 Å². The summed E-state index contributed by atoms with van der Waals surface area (Å²) < 4.78 is 41.0. The lowest BCUT2D eigenvalue weighted by atomic mass is 10.0. The van der Waals surface area contributed by atoms with Crippen molar-refractivity contribution in [1.29, 1.82) is 0 Å². The molecule has 11 heteroatoms. The second-order valence-corrected chi connectivity index (χ2v) is 8.46. The fraction of sp³-hybridized carbons (Fsp3) is 0.304. The third kappa shape index (κ3) is 3.66. The Labute approximate surface area is 191 Å². The van der Waals surface area contributed by atoms with E-state index < -0.39 is 36.1 Å². The van der Waals surface area contributed by atoms with Crippen LogP contribution >= 0.6 is 0 Å². The van der Waals surface area contributed by atoms with Gasteiger partial charge in [0.1, 0.15) is 12.1 Å². The molecule has 5 rings (SSSR count). The smallest absolute Gasteiger partial charge is 0.322 e. The van der Waals surface area contributed by atoms with Crippen molar-refractivity contribution in [1.82, 2.24) is 10.2 Å². The van der Waals surface area contributed by atoms with Gasteiger partial charge in [0, 0.05) is 36.3 Å². The first kappa shape index (κ1) is 21.9. The van der Waals surface area contributed by atoms with Gasteiger partial charge in [-0.2, -0.15) is 13.2 Å². The Kier molecular flexibility index (Phi) is 5.07. The normalized spacial score (nSPS) is 21.9. The topological polar surface area (TPSA) is 98.8 Å². The molecule has 0 bridgehead atoms. The Bertz CT molecular complexity index is 1230. The van der Waals surface area contributed by atoms with E-state index in [0.29, 0.717) is 21.6 Å². The highest BCUT2D eigenvalue weighted by Crippen LogP contribution is 2.40. The summed E-state index contributed by atoms with van der Waals surface area (Å²) in [5, 5.41) is 4.73. The summed E-state index contributed by atoms with van der Waals surface area (Å²) in [6.07, 6.45) is -4.60. The predicted octanol–water partition coefficient (Wildman–Crippen LogP) is 2.97. The summed E-state index contributed by atoms with van der Waals surface area (Å²) in [5.74, 6) is -1.32. The lowest BCUT2D eigenvalue weighted by Gasteiger charge is -2.29. The number of hydrogen-bond donors (Lipinski definition) is 2. The van der Waals surface area contributed by atoms with Crippen LogP contribution in [0.1, 0.15) is 34.3 Å². The van der Waals surface area contributed by atoms with E-state index in [-0.39, 0.29) is 43.1 Å². The number of fused-ring (bicyclic) bond motifs is 2. The van der Waals surface area contributed by atoms with Gasteiger partial charge in [0.2, 0.25) is 11.8 Å². The van der Waals surface area contributed by atoms with Gasteiger partial charge in [-0.1, -0.05) is 18.2 Å². The van der Waals surface area contributed by atoms with Crippen LogP contribution < -0.4 is 15.5 Å². The van der Waals surface area contributed by atoms with E-state index in [2.05, 4.69) is 10.6 Å². The van der Waals surface area contributed by atoms with Crippen molar-refractivity contribution in [2.24, 2.45) is 0 Å². The van der Waals surface area contributed by atoms with Crippen molar-refractivity contribution in [2.45, 2.75) is 44.1 Å². The molecule has 1 fully saturated rings. The van der Waals surface area contributed by atoms with E-state index >= 15 is 0 Å². The molecule has 0 spiro atoms. The maximum atomic E-state index is 13.7. The van der Waals surface area contributed by atoms with Crippen molar-refractivity contribution in [3.05, 3.63) is 59.2 Å². The number of urea groups is 1. The number of nitrogens with zero attached hydrogens (tertiary/aromatic N) is 2. The molecule has 1 unspecified atom stereocenters. The number of alkyl halides is 3. The summed E-state index contributed by atoms with van der Waals surface area (Å²) in [7, 11) is 0. The molecule has 3 aliphatic rings. The van der Waals surface area contributed by atoms with Crippen LogP contribution in [0, 0.1) is 0 Å². The molecule has 0 saturated carbocycles. The number of piperidine rings is 1. The quantitative estimate of drug-likeness (QED) is 0.657. The highest BCUT2D eigenvalue weighted by atomic mass is 19.4. The van der Waals surface area contributed by atoms with Crippen LogP contribution in [0.15, 0.2) is 42.5 Å². The average molecular weight is 472 g/mol. The van der Waals surface area contributed by atoms with Gasteiger partial charge in [-0.3, -0.25) is 24.6 Å². The zero-order valence-corrected chi connectivity index (χ0v) is 17.7. The van der Waals surface area contributed by atoms with Crippen molar-refractivity contribution >= 4 is 35.1 Å². The number of hydrogen-bond acceptors (Lipinski definition) is 4. The first-order chi connectivity index (χ1) is 16.1. The summed E-state index contributed by atoms with van der Waals surface area (Å²) in [6, 6.07) is 6.95. The molecule has 0 aromatic heterocycles. The van der Waals surface area contributed by atoms with Crippen molar-refractivity contribution in [3.8, 4) is 0 Å². The minimum Gasteiger partial charge on any atom is -0.322 e. The summed E-state index contributed by atoms with van der Waals surface area (Å²) in [5.41, 5.74) is 1.72. The summed E-state index contributed by atoms with van der Waals surface area (Å²) in [4.78, 5) is 51.4. The molecule has 8 nitrogen and oxygen atoms in total. The zero-order chi connectivity index (χ0) is 24.2. The first-order valence-electron chi connectivity index (χ1n) is 10.7. The second kappa shape index (κ2) is 7.86. The molecule has 0 aliphatic carbocycles. The molecule has 2 atom stereocenters. The van der Waals surface area contributed by atoms with E-state index in [4.69, 9.17) is 0 Å². The number of nitrogens with one attached hydrogen (secondary N) is 2. The molecular formula is C23H19F3N4O4. The van der Waals surface area contributed by atoms with Gasteiger partial charge in [0.25, 0.3) is 5.91 Å². The fourth-order valence-corrected chi connectivity index (χ4v) is 4.73. The summed E-state index contributed by atoms with van der Waals surface area (Å²) in [6.45, 7) is 0.0852. The fourth-order valence-electron chi connectivity index (χ4n) is 4.73. The van der Waals surface area contributed by atoms with Crippen LogP contribution in [0.5, 0.6) is 0 Å². The van der Waals surface area contributed by atoms with E-state index in [0.717, 1.165) is 0 Å². The number of amides is 5. The number of rotatable bonds is 2. The molecule has 2 aromatic rings. The highest BCUT2D eigenvalue weighted by Gasteiger charge is 2.50. The molecular weight excluding hydrogens is 453 g/mol. The molecule has 3 heterocycles. The molecule has 34 heavy (non-hydrogen) atoms. The number of anilines is 2. The molecule has 2 N–H and O–H groups in total. The van der Waals surface area contributed by atoms with Crippen LogP contribution in [0.4, 0.5) is 29.3 Å². The van der Waals surface area contributed by atoms with Gasteiger partial charge in [-0.05, 0) is 41.8 Å². The van der Waals surface area contributed by atoms with Crippen molar-refractivity contribution in [2.75, 3.05) is 10.2 Å². The van der Waals surface area contributed by atoms with Gasteiger partial charge in [0.05, 0.1) is 0 Å². The number of halogens is 3. The van der Waals surface area contributed by atoms with E-state index in [9.17, 15) is 32.3 Å². The van der Waals surface area contributed by atoms with Crippen LogP contribution in [-0.4, -0.2) is 46.9 Å². The molecule has 1 saturated heterocycles. The summed E-state index contributed by atoms with van der Waals surface area (Å²) >= 11 is 0. The number of imide groups is 1. The van der Waals surface area contributed by atoms with Gasteiger partial charge in [-0.15, -0.1) is 0 Å². The predicted molar refractivity (Wildman–Crippen MR) is 114 cm³/mol. The van der Waals surface area contributed by atoms with Crippen LogP contribution in [-0.2, 0) is 22.6 Å². The lowest BCUT2D eigenvalue weighted by Crippen LogP contribution is -2.52. The van der Waals surface area contributed by atoms with Crippen LogP contribution in [0.2, 0.25) is 0 Å². The number of benzene rings is 2. The van der Waals surface area contributed by atoms with E-state index in [1.54, 1.807) is 18.2 Å². The Morgan fingerprint density at radius 1 is 1.06 bits per heavy atom. The SMILES string of the molecule is O=C1CC[C@@H](N2Cc3cc(NC(=O)N4c5ccccc5CC4C(F)(F)F)ccc3C2=O)C(=O)N1. The average Bonchev–Trinajstić information content (AvgIpc) is 3.32. The largest absolute Gasteiger partial charge is 0.409 e. The molecule has 0 radical (unpaired) electrons. The monoisotopic (exact) mass is 472 g/mol. The molecule has 2 aromatic carbocycles. The van der Waals surface area contributed by atoms with Gasteiger partial charge < -0.3 is 10.2 Å². The van der Waals surface area contributed by atoms with Crippen LogP contribution in [0.3, 0.4) is 0 Å². The minimum absolute atomic E-state index is 0.0852. The Morgan fingerprint density at radius 2 is 1.82 bits per heavy atom. The zero-order valence-electron chi connectivity index (χ0n) is 17.7. The highest BCUT2D eigenvalue weighted by molar-refractivity contribution is 6.07. The van der Waals surface area contributed by atoms with Crippen LogP contribution in [0.25, 0.3) is 0 Å². The Hall–Kier alpha value is -3.89. The van der Waals surface area contributed by atoms with Gasteiger partial charge >= 0.3 is 12.2 Å². The Balaban J connectivity index is 1.36. The number of carbonyl (C=O) groups is 4. The van der Waals surface area contributed by atoms with E-state index in [1.165, 1.54) is 29.2 Å². The van der Waals surface area contributed by atoms with Gasteiger partial charge in [-0.25, -0.2) is 4.79 Å². The Morgan fingerprint density at radius 3 is 2.56 bits per heavy atom.